The molecule has 2 amide bonds. The van der Waals surface area contributed by atoms with Gasteiger partial charge < -0.3 is 14.6 Å². The lowest BCUT2D eigenvalue weighted by Gasteiger charge is -2.26. The molecular formula is C18H22FN2O7P. The smallest absolute Gasteiger partial charge is 0.404 e. The van der Waals surface area contributed by atoms with E-state index in [0.29, 0.717) is 30.4 Å². The number of nitrogens with one attached hydrogen (secondary N) is 1. The third-order valence-electron chi connectivity index (χ3n) is 4.50. The minimum atomic E-state index is -3.85. The summed E-state index contributed by atoms with van der Waals surface area (Å²) in [4.78, 5) is 24.2. The number of hydrogen-bond acceptors (Lipinski definition) is 7. The highest BCUT2D eigenvalue weighted by Crippen LogP contribution is 2.54. The van der Waals surface area contributed by atoms with Crippen LogP contribution in [0, 0.1) is 5.82 Å². The highest BCUT2D eigenvalue weighted by Gasteiger charge is 2.37. The number of carbonyl (C=O) groups excluding carboxylic acids is 2. The molecule has 0 radical (unpaired) electrons. The first-order valence-corrected chi connectivity index (χ1v) is 10.5. The van der Waals surface area contributed by atoms with Crippen LogP contribution in [0.25, 0.3) is 0 Å². The van der Waals surface area contributed by atoms with Gasteiger partial charge in [0.05, 0.1) is 19.3 Å². The minimum Gasteiger partial charge on any atom is -0.404 e. The van der Waals surface area contributed by atoms with Gasteiger partial charge in [-0.15, -0.1) is 0 Å². The Labute approximate surface area is 167 Å². The van der Waals surface area contributed by atoms with Crippen molar-refractivity contribution in [3.8, 4) is 5.75 Å². The van der Waals surface area contributed by atoms with E-state index in [1.165, 1.54) is 36.3 Å². The quantitative estimate of drug-likeness (QED) is 0.404. The molecule has 1 aromatic carbocycles. The molecular weight excluding hydrogens is 406 g/mol. The van der Waals surface area contributed by atoms with Crippen molar-refractivity contribution in [3.63, 3.8) is 0 Å². The summed E-state index contributed by atoms with van der Waals surface area (Å²) in [7, 11) is -2.36. The standard InChI is InChI=1S/C18H22FN2O7P/c1-12(18(23)20-2)8-21(11-22)17-6-4-15(27-17)10-26-29(24)25-9-13-7-14(19)3-5-16(13)28-29/h3,5,7-8,11,15,17H,4,6,9-10H2,1-2H3,(H,20,23)/b12-8-. The lowest BCUT2D eigenvalue weighted by Crippen LogP contribution is -2.32. The Balaban J connectivity index is 1.55. The van der Waals surface area contributed by atoms with Crippen molar-refractivity contribution in [1.82, 2.24) is 10.2 Å². The molecule has 9 nitrogen and oxygen atoms in total. The number of nitrogens with zero attached hydrogens (tertiary/aromatic N) is 1. The summed E-state index contributed by atoms with van der Waals surface area (Å²) in [5, 5.41) is 2.47. The van der Waals surface area contributed by atoms with Crippen LogP contribution in [-0.2, 0) is 34.5 Å². The normalized spacial score (nSPS) is 26.4. The number of ether oxygens (including phenoxy) is 1. The first-order chi connectivity index (χ1) is 13.8. The monoisotopic (exact) mass is 428 g/mol. The summed E-state index contributed by atoms with van der Waals surface area (Å²) in [6.07, 6.45) is 2.03. The van der Waals surface area contributed by atoms with Crippen molar-refractivity contribution in [2.45, 2.75) is 38.7 Å². The maximum atomic E-state index is 13.2. The van der Waals surface area contributed by atoms with Crippen molar-refractivity contribution in [3.05, 3.63) is 41.4 Å². The molecule has 0 aliphatic carbocycles. The average molecular weight is 428 g/mol. The molecule has 0 aromatic heterocycles. The van der Waals surface area contributed by atoms with E-state index in [1.807, 2.05) is 0 Å². The first kappa shape index (κ1) is 21.4. The third kappa shape index (κ3) is 5.22. The summed E-state index contributed by atoms with van der Waals surface area (Å²) in [6.45, 7) is 1.41. The zero-order chi connectivity index (χ0) is 21.0. The molecule has 3 atom stereocenters. The van der Waals surface area contributed by atoms with E-state index in [0.717, 1.165) is 0 Å². The summed E-state index contributed by atoms with van der Waals surface area (Å²) >= 11 is 0. The zero-order valence-corrected chi connectivity index (χ0v) is 16.9. The second-order valence-corrected chi connectivity index (χ2v) is 8.19. The van der Waals surface area contributed by atoms with Crippen LogP contribution in [0.1, 0.15) is 25.3 Å². The van der Waals surface area contributed by atoms with Gasteiger partial charge >= 0.3 is 7.82 Å². The molecule has 1 aromatic rings. The van der Waals surface area contributed by atoms with E-state index < -0.39 is 26.0 Å². The number of halogens is 1. The fourth-order valence-electron chi connectivity index (χ4n) is 2.97. The topological polar surface area (TPSA) is 103 Å². The van der Waals surface area contributed by atoms with Gasteiger partial charge in [0.1, 0.15) is 17.8 Å². The fourth-order valence-corrected chi connectivity index (χ4v) is 4.22. The molecule has 2 heterocycles. The van der Waals surface area contributed by atoms with E-state index in [1.54, 1.807) is 6.92 Å². The van der Waals surface area contributed by atoms with Crippen LogP contribution >= 0.6 is 7.82 Å². The van der Waals surface area contributed by atoms with Crippen LogP contribution < -0.4 is 9.84 Å². The molecule has 3 unspecified atom stereocenters. The Morgan fingerprint density at radius 2 is 2.24 bits per heavy atom. The van der Waals surface area contributed by atoms with Gasteiger partial charge in [-0.25, -0.2) is 8.96 Å². The van der Waals surface area contributed by atoms with E-state index in [2.05, 4.69) is 5.32 Å². The third-order valence-corrected chi connectivity index (χ3v) is 5.83. The number of amides is 2. The summed E-state index contributed by atoms with van der Waals surface area (Å²) in [6, 6.07) is 3.81. The van der Waals surface area contributed by atoms with Crippen molar-refractivity contribution < 1.29 is 36.9 Å². The van der Waals surface area contributed by atoms with Crippen LogP contribution in [0.3, 0.4) is 0 Å². The van der Waals surface area contributed by atoms with E-state index in [9.17, 15) is 18.5 Å². The molecule has 3 rings (SSSR count). The van der Waals surface area contributed by atoms with Gasteiger partial charge in [-0.1, -0.05) is 0 Å². The number of phosphoric ester groups is 1. The predicted octanol–water partition coefficient (Wildman–Crippen LogP) is 2.47. The molecule has 1 N–H and O–H groups in total. The Kier molecular flexibility index (Phi) is 6.69. The minimum absolute atomic E-state index is 0.0743. The van der Waals surface area contributed by atoms with Gasteiger partial charge in [0, 0.05) is 24.4 Å². The molecule has 0 bridgehead atoms. The van der Waals surface area contributed by atoms with Gasteiger partial charge in [-0.2, -0.15) is 0 Å². The van der Waals surface area contributed by atoms with Gasteiger partial charge in [0.25, 0.3) is 0 Å². The number of fused-ring (bicyclic) bond motifs is 1. The van der Waals surface area contributed by atoms with Crippen LogP contribution in [0.5, 0.6) is 5.75 Å². The average Bonchev–Trinajstić information content (AvgIpc) is 3.19. The molecule has 2 aliphatic heterocycles. The van der Waals surface area contributed by atoms with Crippen LogP contribution in [0.15, 0.2) is 30.0 Å². The first-order valence-electron chi connectivity index (χ1n) is 8.99. The summed E-state index contributed by atoms with van der Waals surface area (Å²) in [5.74, 6) is -0.507. The van der Waals surface area contributed by atoms with Gasteiger partial charge in [-0.05, 0) is 38.0 Å². The number of rotatable bonds is 7. The van der Waals surface area contributed by atoms with Gasteiger partial charge in [0.2, 0.25) is 12.3 Å². The highest BCUT2D eigenvalue weighted by atomic mass is 31.2. The Bertz CT molecular complexity index is 863. The van der Waals surface area contributed by atoms with Crippen molar-refractivity contribution in [2.75, 3.05) is 13.7 Å². The summed E-state index contributed by atoms with van der Waals surface area (Å²) in [5.41, 5.74) is 0.795. The molecule has 2 aliphatic rings. The SMILES string of the molecule is CNC(=O)/C(C)=C\N(C=O)C1CCC(COP2(=O)OCc3cc(F)ccc3O2)O1. The fraction of sp³-hybridized carbons (Fsp3) is 0.444. The van der Waals surface area contributed by atoms with Crippen molar-refractivity contribution >= 4 is 20.1 Å². The lowest BCUT2D eigenvalue weighted by atomic mass is 10.2. The zero-order valence-electron chi connectivity index (χ0n) is 16.0. The lowest BCUT2D eigenvalue weighted by molar-refractivity contribution is -0.127. The van der Waals surface area contributed by atoms with E-state index >= 15 is 0 Å². The Hall–Kier alpha value is -2.26. The molecule has 29 heavy (non-hydrogen) atoms. The van der Waals surface area contributed by atoms with Crippen LogP contribution in [-0.4, -0.2) is 43.2 Å². The predicted molar refractivity (Wildman–Crippen MR) is 99.0 cm³/mol. The number of carbonyl (C=O) groups is 2. The van der Waals surface area contributed by atoms with Crippen molar-refractivity contribution in [1.29, 1.82) is 0 Å². The van der Waals surface area contributed by atoms with Crippen molar-refractivity contribution in [2.24, 2.45) is 0 Å². The highest BCUT2D eigenvalue weighted by molar-refractivity contribution is 7.49. The molecule has 1 saturated heterocycles. The van der Waals surface area contributed by atoms with Crippen LogP contribution in [0.4, 0.5) is 4.39 Å². The molecule has 0 saturated carbocycles. The number of hydrogen-bond donors (Lipinski definition) is 1. The Morgan fingerprint density at radius 1 is 1.45 bits per heavy atom. The van der Waals surface area contributed by atoms with Gasteiger partial charge in [0.15, 0.2) is 0 Å². The van der Waals surface area contributed by atoms with Crippen LogP contribution in [0.2, 0.25) is 0 Å². The molecule has 11 heteroatoms. The van der Waals surface area contributed by atoms with E-state index in [-0.39, 0.29) is 24.9 Å². The second-order valence-electron chi connectivity index (χ2n) is 6.59. The number of phosphoric acid groups is 1. The molecule has 0 spiro atoms. The summed E-state index contributed by atoms with van der Waals surface area (Å²) < 4.78 is 47.4. The Morgan fingerprint density at radius 3 is 2.97 bits per heavy atom. The molecule has 158 valence electrons. The van der Waals surface area contributed by atoms with E-state index in [4.69, 9.17) is 18.3 Å². The number of likely N-dealkylation sites (N-methyl/N-ethyl adjacent to an activating group) is 1. The maximum Gasteiger partial charge on any atom is 0.530 e. The second kappa shape index (κ2) is 9.04. The largest absolute Gasteiger partial charge is 0.530 e. The number of benzene rings is 1. The molecule has 1 fully saturated rings. The maximum absolute atomic E-state index is 13.2. The van der Waals surface area contributed by atoms with Gasteiger partial charge in [-0.3, -0.25) is 23.5 Å².